The van der Waals surface area contributed by atoms with E-state index in [2.05, 4.69) is 22.3 Å². The summed E-state index contributed by atoms with van der Waals surface area (Å²) < 4.78 is 0. The number of anilines is 1. The third-order valence-electron chi connectivity index (χ3n) is 8.88. The van der Waals surface area contributed by atoms with Gasteiger partial charge >= 0.3 is 0 Å². The van der Waals surface area contributed by atoms with Gasteiger partial charge in [-0.05, 0) is 87.3 Å². The van der Waals surface area contributed by atoms with Gasteiger partial charge in [-0.25, -0.2) is 4.99 Å². The number of fused-ring (bicyclic) bond motifs is 1. The first-order chi connectivity index (χ1) is 16.8. The fraction of sp³-hybridized carbons (Fsp3) is 0.607. The molecule has 1 aromatic rings. The van der Waals surface area contributed by atoms with Crippen molar-refractivity contribution >= 4 is 34.4 Å². The number of nitrogens with one attached hydrogen (secondary N) is 1. The van der Waals surface area contributed by atoms with Gasteiger partial charge in [0.1, 0.15) is 0 Å². The second kappa shape index (κ2) is 8.68. The molecule has 186 valence electrons. The van der Waals surface area contributed by atoms with Gasteiger partial charge in [-0.3, -0.25) is 9.59 Å². The number of hydrogen-bond donors (Lipinski definition) is 1. The van der Waals surface area contributed by atoms with Crippen LogP contribution in [0.5, 0.6) is 0 Å². The summed E-state index contributed by atoms with van der Waals surface area (Å²) in [4.78, 5) is 35.7. The second-order valence-electron chi connectivity index (χ2n) is 11.7. The number of amides is 2. The van der Waals surface area contributed by atoms with Gasteiger partial charge in [-0.15, -0.1) is 0 Å². The first kappa shape index (κ1) is 23.1. The molecule has 1 aromatic carbocycles. The first-order valence-corrected chi connectivity index (χ1v) is 14.1. The Kier molecular flexibility index (Phi) is 5.74. The normalized spacial score (nSPS) is 33.3. The zero-order valence-electron chi connectivity index (χ0n) is 21.0. The van der Waals surface area contributed by atoms with Crippen LogP contribution in [0.3, 0.4) is 0 Å². The highest BCUT2D eigenvalue weighted by Crippen LogP contribution is 2.60. The molecule has 0 aromatic heterocycles. The molecule has 6 aliphatic rings. The van der Waals surface area contributed by atoms with E-state index >= 15 is 0 Å². The number of benzene rings is 1. The molecule has 7 heteroatoms. The Morgan fingerprint density at radius 2 is 1.80 bits per heavy atom. The Morgan fingerprint density at radius 1 is 1.11 bits per heavy atom. The quantitative estimate of drug-likeness (QED) is 0.639. The number of carbonyl (C=O) groups excluding carboxylic acids is 2. The molecular formula is C28H36N4O2S. The Balaban J connectivity index is 1.31. The van der Waals surface area contributed by atoms with E-state index in [1.54, 1.807) is 30.8 Å². The van der Waals surface area contributed by atoms with Gasteiger partial charge in [0.25, 0.3) is 5.91 Å². The van der Waals surface area contributed by atoms with Crippen molar-refractivity contribution in [3.8, 4) is 0 Å². The lowest BCUT2D eigenvalue weighted by Crippen LogP contribution is -2.51. The summed E-state index contributed by atoms with van der Waals surface area (Å²) >= 11 is 1.77. The number of rotatable bonds is 4. The number of allylic oxidation sites excluding steroid dienone is 1. The molecular weight excluding hydrogens is 456 g/mol. The Bertz CT molecular complexity index is 1090. The maximum atomic E-state index is 13.7. The van der Waals surface area contributed by atoms with E-state index in [1.165, 1.54) is 19.3 Å². The molecule has 1 atom stereocenters. The van der Waals surface area contributed by atoms with Gasteiger partial charge in [0.05, 0.1) is 22.7 Å². The SMILES string of the molecule is CC1=C(C(=O)N(C)C)C(c2cccc(NC(=O)C34CC5CC(CC(C5)C3)C4)c2)N2CCCSC2=N1. The fourth-order valence-corrected chi connectivity index (χ4v) is 8.79. The largest absolute Gasteiger partial charge is 0.345 e. The van der Waals surface area contributed by atoms with E-state index in [0.717, 1.165) is 83.4 Å². The van der Waals surface area contributed by atoms with Crippen molar-refractivity contribution < 1.29 is 9.59 Å². The van der Waals surface area contributed by atoms with Crippen LogP contribution in [0.15, 0.2) is 40.5 Å². The van der Waals surface area contributed by atoms with Crippen molar-refractivity contribution in [1.82, 2.24) is 9.80 Å². The highest BCUT2D eigenvalue weighted by molar-refractivity contribution is 8.13. The van der Waals surface area contributed by atoms with Crippen LogP contribution in [0.4, 0.5) is 5.69 Å². The molecule has 2 amide bonds. The molecule has 6 nitrogen and oxygen atoms in total. The number of amidine groups is 1. The molecule has 7 rings (SSSR count). The predicted molar refractivity (Wildman–Crippen MR) is 141 cm³/mol. The summed E-state index contributed by atoms with van der Waals surface area (Å²) in [6, 6.07) is 7.99. The molecule has 2 heterocycles. The van der Waals surface area contributed by atoms with Crippen LogP contribution in [0.25, 0.3) is 0 Å². The number of thioether (sulfide) groups is 1. The van der Waals surface area contributed by atoms with Crippen molar-refractivity contribution in [2.24, 2.45) is 28.2 Å². The maximum absolute atomic E-state index is 13.7. The molecule has 4 bridgehead atoms. The van der Waals surface area contributed by atoms with E-state index in [-0.39, 0.29) is 23.3 Å². The van der Waals surface area contributed by atoms with E-state index in [0.29, 0.717) is 0 Å². The highest BCUT2D eigenvalue weighted by atomic mass is 32.2. The molecule has 0 radical (unpaired) electrons. The van der Waals surface area contributed by atoms with Crippen LogP contribution < -0.4 is 5.32 Å². The number of likely N-dealkylation sites (N-methyl/N-ethyl adjacent to an activating group) is 1. The second-order valence-corrected chi connectivity index (χ2v) is 12.7. The topological polar surface area (TPSA) is 65.0 Å². The Morgan fingerprint density at radius 3 is 2.46 bits per heavy atom. The van der Waals surface area contributed by atoms with Gasteiger partial charge in [0, 0.05) is 32.1 Å². The molecule has 1 saturated heterocycles. The summed E-state index contributed by atoms with van der Waals surface area (Å²) in [5.74, 6) is 3.47. The van der Waals surface area contributed by atoms with Crippen molar-refractivity contribution in [3.05, 3.63) is 41.1 Å². The minimum atomic E-state index is -0.193. The van der Waals surface area contributed by atoms with Crippen molar-refractivity contribution in [2.45, 2.75) is 57.9 Å². The van der Waals surface area contributed by atoms with Gasteiger partial charge < -0.3 is 15.1 Å². The fourth-order valence-electron chi connectivity index (χ4n) is 7.77. The van der Waals surface area contributed by atoms with E-state index in [9.17, 15) is 9.59 Å². The standard InChI is InChI=1S/C28H36N4O2S/c1-17-23(25(33)31(2)3)24(32-8-5-9-35-27(32)29-17)21-6-4-7-22(13-21)30-26(34)28-14-18-10-19(15-28)12-20(11-18)16-28/h4,6-7,13,18-20,24H,5,8-12,14-16H2,1-3H3,(H,30,34). The van der Waals surface area contributed by atoms with Gasteiger partial charge in [0.2, 0.25) is 5.91 Å². The van der Waals surface area contributed by atoms with Gasteiger partial charge in [-0.1, -0.05) is 23.9 Å². The summed E-state index contributed by atoms with van der Waals surface area (Å²) in [5, 5.41) is 4.32. The average molecular weight is 493 g/mol. The maximum Gasteiger partial charge on any atom is 0.253 e. The van der Waals surface area contributed by atoms with E-state index in [1.807, 2.05) is 19.1 Å². The number of nitrogens with zero attached hydrogens (tertiary/aromatic N) is 3. The molecule has 4 aliphatic carbocycles. The van der Waals surface area contributed by atoms with Crippen molar-refractivity contribution in [3.63, 3.8) is 0 Å². The third kappa shape index (κ3) is 4.00. The van der Waals surface area contributed by atoms with Crippen LogP contribution in [0.2, 0.25) is 0 Å². The monoisotopic (exact) mass is 492 g/mol. The number of carbonyl (C=O) groups is 2. The first-order valence-electron chi connectivity index (χ1n) is 13.1. The lowest BCUT2D eigenvalue weighted by Gasteiger charge is -2.55. The summed E-state index contributed by atoms with van der Waals surface area (Å²) in [7, 11) is 3.60. The van der Waals surface area contributed by atoms with Gasteiger partial charge in [0.15, 0.2) is 5.17 Å². The smallest absolute Gasteiger partial charge is 0.253 e. The third-order valence-corrected chi connectivity index (χ3v) is 9.95. The summed E-state index contributed by atoms with van der Waals surface area (Å²) in [6.45, 7) is 2.82. The number of aliphatic imine (C=N–C) groups is 1. The van der Waals surface area contributed by atoms with Crippen molar-refractivity contribution in [2.75, 3.05) is 31.7 Å². The molecule has 1 unspecified atom stereocenters. The minimum absolute atomic E-state index is 0.00567. The zero-order chi connectivity index (χ0) is 24.3. The molecule has 4 saturated carbocycles. The summed E-state index contributed by atoms with van der Waals surface area (Å²) in [5.41, 5.74) is 3.21. The molecule has 5 fully saturated rings. The van der Waals surface area contributed by atoms with E-state index < -0.39 is 0 Å². The van der Waals surface area contributed by atoms with Crippen molar-refractivity contribution in [1.29, 1.82) is 0 Å². The molecule has 2 aliphatic heterocycles. The predicted octanol–water partition coefficient (Wildman–Crippen LogP) is 5.05. The van der Waals surface area contributed by atoms with Crippen LogP contribution >= 0.6 is 11.8 Å². The van der Waals surface area contributed by atoms with E-state index in [4.69, 9.17) is 4.99 Å². The highest BCUT2D eigenvalue weighted by Gasteiger charge is 2.54. The Labute approximate surface area is 212 Å². The lowest BCUT2D eigenvalue weighted by atomic mass is 9.49. The Hall–Kier alpha value is -2.28. The molecule has 0 spiro atoms. The molecule has 1 N–H and O–H groups in total. The summed E-state index contributed by atoms with van der Waals surface area (Å²) in [6.07, 6.45) is 8.22. The van der Waals surface area contributed by atoms with Crippen LogP contribution in [0.1, 0.15) is 63.5 Å². The lowest BCUT2D eigenvalue weighted by molar-refractivity contribution is -0.140. The average Bonchev–Trinajstić information content (AvgIpc) is 2.82. The zero-order valence-corrected chi connectivity index (χ0v) is 21.9. The van der Waals surface area contributed by atoms with Crippen LogP contribution in [-0.2, 0) is 9.59 Å². The van der Waals surface area contributed by atoms with Crippen LogP contribution in [0, 0.1) is 23.2 Å². The van der Waals surface area contributed by atoms with Gasteiger partial charge in [-0.2, -0.15) is 0 Å². The van der Waals surface area contributed by atoms with Crippen LogP contribution in [-0.4, -0.2) is 53.2 Å². The molecule has 35 heavy (non-hydrogen) atoms. The number of hydrogen-bond acceptors (Lipinski definition) is 5. The minimum Gasteiger partial charge on any atom is -0.345 e.